The van der Waals surface area contributed by atoms with Crippen LogP contribution in [0, 0.1) is 0 Å². The van der Waals surface area contributed by atoms with E-state index in [1.165, 1.54) is 4.90 Å². The molecule has 0 saturated carbocycles. The monoisotopic (exact) mass is 702 g/mol. The fraction of sp³-hybridized carbons (Fsp3) is 0.462. The number of carbonyl (C=O) groups excluding carboxylic acids is 2. The molecule has 2 aromatic carbocycles. The average Bonchev–Trinajstić information content (AvgIpc) is 2.89. The zero-order chi connectivity index (χ0) is 30.0. The minimum absolute atomic E-state index is 0.0330. The number of hydrogen-bond acceptors (Lipinski definition) is 4. The fourth-order valence-corrected chi connectivity index (χ4v) is 5.75. The highest BCUT2D eigenvalue weighted by Gasteiger charge is 2.41. The first-order chi connectivity index (χ1) is 18.7. The molecule has 0 bridgehead atoms. The Labute approximate surface area is 243 Å². The number of anilines is 1. The number of nitrogens with zero attached hydrogens (tertiary/aromatic N) is 2. The van der Waals surface area contributed by atoms with Gasteiger partial charge in [0.2, 0.25) is 0 Å². The van der Waals surface area contributed by atoms with Crippen molar-refractivity contribution in [3.8, 4) is 0 Å². The van der Waals surface area contributed by atoms with Crippen LogP contribution in [0.15, 0.2) is 30.3 Å². The predicted molar refractivity (Wildman–Crippen MR) is 142 cm³/mol. The topological polar surface area (TPSA) is 59.1 Å². The third-order valence-electron chi connectivity index (χ3n) is 6.51. The summed E-state index contributed by atoms with van der Waals surface area (Å²) in [5, 5.41) is 0.839. The molecule has 0 saturated heterocycles. The van der Waals surface area contributed by atoms with Gasteiger partial charge in [0.25, 0.3) is 0 Å². The normalized spacial score (nSPS) is 17.3. The summed E-state index contributed by atoms with van der Waals surface area (Å²) in [6.45, 7) is 2.86. The van der Waals surface area contributed by atoms with Crippen LogP contribution in [0.5, 0.6) is 0 Å². The van der Waals surface area contributed by atoms with Crippen molar-refractivity contribution >= 4 is 49.7 Å². The van der Waals surface area contributed by atoms with E-state index in [1.54, 1.807) is 26.0 Å². The van der Waals surface area contributed by atoms with E-state index in [4.69, 9.17) is 9.47 Å². The van der Waals surface area contributed by atoms with E-state index in [0.29, 0.717) is 34.0 Å². The molecule has 0 fully saturated rings. The Morgan fingerprint density at radius 1 is 0.975 bits per heavy atom. The molecule has 0 aromatic heterocycles. The number of benzene rings is 2. The van der Waals surface area contributed by atoms with Crippen LogP contribution in [0.25, 0.3) is 0 Å². The quantitative estimate of drug-likeness (QED) is 0.224. The van der Waals surface area contributed by atoms with Crippen molar-refractivity contribution in [2.24, 2.45) is 0 Å². The van der Waals surface area contributed by atoms with Gasteiger partial charge in [0.05, 0.1) is 36.6 Å². The van der Waals surface area contributed by atoms with E-state index >= 15 is 0 Å². The molecular weight excluding hydrogens is 678 g/mol. The number of rotatable bonds is 6. The Morgan fingerprint density at radius 3 is 2.00 bits per heavy atom. The van der Waals surface area contributed by atoms with Crippen LogP contribution in [0.4, 0.5) is 41.6 Å². The average molecular weight is 704 g/mol. The maximum Gasteiger partial charge on any atom is 0.416 e. The number of hydrogen-bond donors (Lipinski definition) is 0. The minimum atomic E-state index is -5.05. The van der Waals surface area contributed by atoms with Crippen molar-refractivity contribution in [3.05, 3.63) is 63.7 Å². The van der Waals surface area contributed by atoms with Gasteiger partial charge in [-0.25, -0.2) is 9.59 Å². The van der Waals surface area contributed by atoms with Crippen molar-refractivity contribution in [2.45, 2.75) is 61.9 Å². The van der Waals surface area contributed by atoms with E-state index in [2.05, 4.69) is 31.9 Å². The van der Waals surface area contributed by atoms with Gasteiger partial charge in [-0.15, -0.1) is 0 Å². The van der Waals surface area contributed by atoms with Crippen LogP contribution in [0.3, 0.4) is 0 Å². The first kappa shape index (κ1) is 32.0. The summed E-state index contributed by atoms with van der Waals surface area (Å²) >= 11 is 6.84. The zero-order valence-electron chi connectivity index (χ0n) is 21.6. The van der Waals surface area contributed by atoms with Gasteiger partial charge < -0.3 is 9.47 Å². The molecule has 1 aliphatic rings. The second-order valence-electron chi connectivity index (χ2n) is 9.13. The predicted octanol–water partition coefficient (Wildman–Crippen LogP) is 8.58. The molecule has 40 heavy (non-hydrogen) atoms. The Balaban J connectivity index is 2.20. The van der Waals surface area contributed by atoms with E-state index in [9.17, 15) is 35.9 Å². The molecule has 2 aromatic rings. The lowest BCUT2D eigenvalue weighted by molar-refractivity contribution is -0.143. The summed E-state index contributed by atoms with van der Waals surface area (Å²) in [7, 11) is 1.07. The van der Waals surface area contributed by atoms with Crippen molar-refractivity contribution in [2.75, 3.05) is 18.6 Å². The molecule has 6 nitrogen and oxygen atoms in total. The maximum atomic E-state index is 13.5. The van der Waals surface area contributed by atoms with Gasteiger partial charge in [0.1, 0.15) is 0 Å². The molecule has 2 unspecified atom stereocenters. The van der Waals surface area contributed by atoms with Gasteiger partial charge in [-0.1, -0.05) is 37.9 Å². The van der Waals surface area contributed by atoms with Crippen LogP contribution in [-0.4, -0.2) is 36.8 Å². The molecule has 0 spiro atoms. The van der Waals surface area contributed by atoms with Crippen molar-refractivity contribution in [1.82, 2.24) is 4.90 Å². The summed E-state index contributed by atoms with van der Waals surface area (Å²) in [4.78, 5) is 28.5. The molecule has 1 aliphatic heterocycles. The lowest BCUT2D eigenvalue weighted by atomic mass is 9.88. The van der Waals surface area contributed by atoms with Crippen LogP contribution in [0.2, 0.25) is 0 Å². The summed E-state index contributed by atoms with van der Waals surface area (Å²) < 4.78 is 91.2. The number of halogens is 8. The Kier molecular flexibility index (Phi) is 10.1. The van der Waals surface area contributed by atoms with Gasteiger partial charge in [-0.3, -0.25) is 9.80 Å². The Hall–Kier alpha value is -2.48. The summed E-state index contributed by atoms with van der Waals surface area (Å²) in [5.41, 5.74) is -0.841. The van der Waals surface area contributed by atoms with Crippen LogP contribution in [-0.2, 0) is 39.0 Å². The molecular formula is C26H26Br2F6N2O4. The molecule has 1 heterocycles. The summed E-state index contributed by atoms with van der Waals surface area (Å²) in [6, 6.07) is 3.31. The lowest BCUT2D eigenvalue weighted by Gasteiger charge is -2.43. The number of amides is 2. The Morgan fingerprint density at radius 2 is 1.52 bits per heavy atom. The van der Waals surface area contributed by atoms with Crippen LogP contribution >= 0.6 is 31.9 Å². The van der Waals surface area contributed by atoms with E-state index < -0.39 is 54.3 Å². The molecule has 0 N–H and O–H groups in total. The van der Waals surface area contributed by atoms with Crippen molar-refractivity contribution in [1.29, 1.82) is 0 Å². The van der Waals surface area contributed by atoms with Crippen LogP contribution in [0.1, 0.15) is 59.7 Å². The molecule has 2 amide bonds. The smallest absolute Gasteiger partial charge is 0.416 e. The lowest BCUT2D eigenvalue weighted by Crippen LogP contribution is -2.47. The SMILES string of the molecule is CCOC(=O)N1c2cc(CBr)c(CBr)cc2C(N(Cc2cc(C(F)(F)F)cc(C(F)(F)F)c2)C(=O)OC)CC1C. The molecule has 2 atom stereocenters. The fourth-order valence-electron chi connectivity index (χ4n) is 4.71. The summed E-state index contributed by atoms with van der Waals surface area (Å²) in [6.07, 6.45) is -11.6. The number of fused-ring (bicyclic) bond motifs is 1. The zero-order valence-corrected chi connectivity index (χ0v) is 24.8. The molecule has 0 radical (unpaired) electrons. The molecule has 14 heteroatoms. The molecule has 220 valence electrons. The highest BCUT2D eigenvalue weighted by molar-refractivity contribution is 9.09. The van der Waals surface area contributed by atoms with Crippen LogP contribution < -0.4 is 4.90 Å². The Bertz CT molecular complexity index is 1220. The third-order valence-corrected chi connectivity index (χ3v) is 7.72. The second-order valence-corrected chi connectivity index (χ2v) is 10.2. The van der Waals surface area contributed by atoms with Crippen molar-refractivity contribution in [3.63, 3.8) is 0 Å². The first-order valence-electron chi connectivity index (χ1n) is 12.0. The highest BCUT2D eigenvalue weighted by atomic mass is 79.9. The molecule has 3 rings (SSSR count). The van der Waals surface area contributed by atoms with Gasteiger partial charge in [-0.05, 0) is 66.8 Å². The second kappa shape index (κ2) is 12.6. The molecule has 0 aliphatic carbocycles. The van der Waals surface area contributed by atoms with Gasteiger partial charge in [0, 0.05) is 23.2 Å². The number of ether oxygens (including phenoxy) is 2. The standard InChI is InChI=1S/C26H26Br2F6N2O4/c1-4-40-24(38)36-14(2)5-21(20-8-16(11-27)17(12-28)9-22(20)36)35(23(37)39-3)13-15-6-18(25(29,30)31)10-19(7-15)26(32,33)34/h6-10,14,21H,4-5,11-13H2,1-3H3. The highest BCUT2D eigenvalue weighted by Crippen LogP contribution is 2.44. The third kappa shape index (κ3) is 6.87. The summed E-state index contributed by atoms with van der Waals surface area (Å²) in [5.74, 6) is 0. The van der Waals surface area contributed by atoms with E-state index in [1.807, 2.05) is 0 Å². The van der Waals surface area contributed by atoms with Gasteiger partial charge >= 0.3 is 24.5 Å². The van der Waals surface area contributed by atoms with Gasteiger partial charge in [0.15, 0.2) is 0 Å². The minimum Gasteiger partial charge on any atom is -0.453 e. The maximum absolute atomic E-state index is 13.5. The first-order valence-corrected chi connectivity index (χ1v) is 14.3. The largest absolute Gasteiger partial charge is 0.453 e. The van der Waals surface area contributed by atoms with Gasteiger partial charge in [-0.2, -0.15) is 26.3 Å². The van der Waals surface area contributed by atoms with E-state index in [0.717, 1.165) is 23.1 Å². The number of methoxy groups -OCH3 is 1. The number of carbonyl (C=O) groups is 2. The van der Waals surface area contributed by atoms with E-state index in [-0.39, 0.29) is 24.7 Å². The van der Waals surface area contributed by atoms with Crippen molar-refractivity contribution < 1.29 is 45.4 Å². The number of alkyl halides is 8.